The Morgan fingerprint density at radius 3 is 2.68 bits per heavy atom. The SMILES string of the molecule is Cc1nnnn1-c1cccc(NC(=O)N(C)Cc2ccc(Br)cc2)c1. The molecule has 3 rings (SSSR count). The molecule has 0 bridgehead atoms. The zero-order chi connectivity index (χ0) is 17.8. The lowest BCUT2D eigenvalue weighted by Gasteiger charge is -2.18. The van der Waals surface area contributed by atoms with E-state index in [9.17, 15) is 4.79 Å². The summed E-state index contributed by atoms with van der Waals surface area (Å²) in [6, 6.07) is 15.1. The van der Waals surface area contributed by atoms with Crippen LogP contribution in [-0.2, 0) is 6.54 Å². The number of tetrazole rings is 1. The number of hydrogen-bond donors (Lipinski definition) is 1. The van der Waals surface area contributed by atoms with Crippen LogP contribution in [0.15, 0.2) is 53.0 Å². The Hall–Kier alpha value is -2.74. The third-order valence-corrected chi connectivity index (χ3v) is 4.18. The van der Waals surface area contributed by atoms with E-state index in [4.69, 9.17) is 0 Å². The smallest absolute Gasteiger partial charge is 0.321 e. The minimum absolute atomic E-state index is 0.187. The van der Waals surface area contributed by atoms with E-state index < -0.39 is 0 Å². The monoisotopic (exact) mass is 400 g/mol. The van der Waals surface area contributed by atoms with Crippen molar-refractivity contribution in [3.05, 3.63) is 64.4 Å². The molecule has 1 aromatic heterocycles. The molecule has 0 spiro atoms. The van der Waals surface area contributed by atoms with Gasteiger partial charge in [-0.1, -0.05) is 34.1 Å². The van der Waals surface area contributed by atoms with Gasteiger partial charge >= 0.3 is 6.03 Å². The number of aryl methyl sites for hydroxylation is 1. The molecule has 2 aromatic carbocycles. The van der Waals surface area contributed by atoms with E-state index in [1.54, 1.807) is 16.6 Å². The molecule has 8 heteroatoms. The van der Waals surface area contributed by atoms with Crippen molar-refractivity contribution in [1.82, 2.24) is 25.1 Å². The Bertz CT molecular complexity index is 877. The van der Waals surface area contributed by atoms with Gasteiger partial charge in [0.25, 0.3) is 0 Å². The summed E-state index contributed by atoms with van der Waals surface area (Å²) in [6.45, 7) is 2.34. The Balaban J connectivity index is 1.68. The Morgan fingerprint density at radius 2 is 2.00 bits per heavy atom. The summed E-state index contributed by atoms with van der Waals surface area (Å²) in [5.74, 6) is 0.677. The summed E-state index contributed by atoms with van der Waals surface area (Å²) >= 11 is 3.40. The third-order valence-electron chi connectivity index (χ3n) is 3.65. The van der Waals surface area contributed by atoms with Gasteiger partial charge in [-0.25, -0.2) is 4.79 Å². The zero-order valence-corrected chi connectivity index (χ0v) is 15.4. The first-order valence-corrected chi connectivity index (χ1v) is 8.44. The second-order valence-electron chi connectivity index (χ2n) is 5.60. The van der Waals surface area contributed by atoms with Crippen LogP contribution in [0.3, 0.4) is 0 Å². The molecule has 0 fully saturated rings. The molecule has 0 saturated heterocycles. The molecule has 25 heavy (non-hydrogen) atoms. The summed E-state index contributed by atoms with van der Waals surface area (Å²) in [5, 5.41) is 14.3. The van der Waals surface area contributed by atoms with Crippen LogP contribution in [0.1, 0.15) is 11.4 Å². The average Bonchev–Trinajstić information content (AvgIpc) is 3.03. The first kappa shape index (κ1) is 17.1. The van der Waals surface area contributed by atoms with Crippen molar-refractivity contribution in [2.45, 2.75) is 13.5 Å². The second kappa shape index (κ2) is 7.43. The van der Waals surface area contributed by atoms with Gasteiger partial charge in [0.2, 0.25) is 0 Å². The highest BCUT2D eigenvalue weighted by atomic mass is 79.9. The van der Waals surface area contributed by atoms with Crippen LogP contribution in [-0.4, -0.2) is 38.2 Å². The first-order chi connectivity index (χ1) is 12.0. The van der Waals surface area contributed by atoms with Crippen LogP contribution in [0.5, 0.6) is 0 Å². The summed E-state index contributed by atoms with van der Waals surface area (Å²) in [7, 11) is 1.76. The second-order valence-corrected chi connectivity index (χ2v) is 6.52. The number of carbonyl (C=O) groups is 1. The highest BCUT2D eigenvalue weighted by Gasteiger charge is 2.11. The zero-order valence-electron chi connectivity index (χ0n) is 13.8. The number of rotatable bonds is 4. The number of aromatic nitrogens is 4. The fourth-order valence-corrected chi connectivity index (χ4v) is 2.60. The number of nitrogens with zero attached hydrogens (tertiary/aromatic N) is 5. The van der Waals surface area contributed by atoms with Gasteiger partial charge in [0, 0.05) is 23.8 Å². The van der Waals surface area contributed by atoms with Gasteiger partial charge in [0.15, 0.2) is 5.82 Å². The molecule has 0 aliphatic carbocycles. The molecule has 0 unspecified atom stereocenters. The van der Waals surface area contributed by atoms with Crippen LogP contribution in [0.4, 0.5) is 10.5 Å². The van der Waals surface area contributed by atoms with E-state index in [0.29, 0.717) is 18.1 Å². The van der Waals surface area contributed by atoms with Crippen molar-refractivity contribution < 1.29 is 4.79 Å². The van der Waals surface area contributed by atoms with Gasteiger partial charge in [-0.05, 0) is 53.2 Å². The number of hydrogen-bond acceptors (Lipinski definition) is 4. The van der Waals surface area contributed by atoms with Gasteiger partial charge in [0.1, 0.15) is 0 Å². The average molecular weight is 401 g/mol. The van der Waals surface area contributed by atoms with Gasteiger partial charge < -0.3 is 10.2 Å². The van der Waals surface area contributed by atoms with Gasteiger partial charge in [-0.3, -0.25) is 0 Å². The molecule has 7 nitrogen and oxygen atoms in total. The van der Waals surface area contributed by atoms with E-state index in [1.165, 1.54) is 0 Å². The van der Waals surface area contributed by atoms with E-state index in [-0.39, 0.29) is 6.03 Å². The Kier molecular flexibility index (Phi) is 5.08. The quantitative estimate of drug-likeness (QED) is 0.727. The highest BCUT2D eigenvalue weighted by Crippen LogP contribution is 2.16. The largest absolute Gasteiger partial charge is 0.323 e. The fourth-order valence-electron chi connectivity index (χ4n) is 2.34. The molecule has 128 valence electrons. The topological polar surface area (TPSA) is 75.9 Å². The van der Waals surface area contributed by atoms with Crippen LogP contribution in [0.2, 0.25) is 0 Å². The molecular formula is C17H17BrN6O. The number of amides is 2. The van der Waals surface area contributed by atoms with Crippen molar-refractivity contribution in [2.24, 2.45) is 0 Å². The number of benzene rings is 2. The van der Waals surface area contributed by atoms with E-state index in [0.717, 1.165) is 15.7 Å². The Morgan fingerprint density at radius 1 is 1.24 bits per heavy atom. The van der Waals surface area contributed by atoms with Crippen LogP contribution in [0.25, 0.3) is 5.69 Å². The standard InChI is InChI=1S/C17H17BrN6O/c1-12-20-21-22-24(12)16-5-3-4-15(10-16)19-17(25)23(2)11-13-6-8-14(18)9-7-13/h3-10H,11H2,1-2H3,(H,19,25). The third kappa shape index (κ3) is 4.21. The summed E-state index contributed by atoms with van der Waals surface area (Å²) in [6.07, 6.45) is 0. The number of nitrogens with one attached hydrogen (secondary N) is 1. The minimum atomic E-state index is -0.187. The fraction of sp³-hybridized carbons (Fsp3) is 0.176. The van der Waals surface area contributed by atoms with E-state index in [2.05, 4.69) is 36.8 Å². The number of anilines is 1. The molecule has 2 amide bonds. The number of carbonyl (C=O) groups excluding carboxylic acids is 1. The van der Waals surface area contributed by atoms with Gasteiger partial charge in [0.05, 0.1) is 5.69 Å². The van der Waals surface area contributed by atoms with Crippen LogP contribution >= 0.6 is 15.9 Å². The predicted molar refractivity (Wildman–Crippen MR) is 98.5 cm³/mol. The van der Waals surface area contributed by atoms with Crippen molar-refractivity contribution in [1.29, 1.82) is 0 Å². The Labute approximate surface area is 153 Å². The number of halogens is 1. The lowest BCUT2D eigenvalue weighted by Crippen LogP contribution is -2.30. The molecular weight excluding hydrogens is 384 g/mol. The molecule has 0 aliphatic rings. The van der Waals surface area contributed by atoms with Crippen molar-refractivity contribution in [2.75, 3.05) is 12.4 Å². The molecule has 0 saturated carbocycles. The van der Waals surface area contributed by atoms with Crippen molar-refractivity contribution in [3.63, 3.8) is 0 Å². The summed E-state index contributed by atoms with van der Waals surface area (Å²) < 4.78 is 2.62. The summed E-state index contributed by atoms with van der Waals surface area (Å²) in [4.78, 5) is 14.0. The van der Waals surface area contributed by atoms with Crippen molar-refractivity contribution in [3.8, 4) is 5.69 Å². The predicted octanol–water partition coefficient (Wildman–Crippen LogP) is 3.40. The molecule has 0 radical (unpaired) electrons. The molecule has 0 atom stereocenters. The normalized spacial score (nSPS) is 10.5. The van der Waals surface area contributed by atoms with Gasteiger partial charge in [-0.2, -0.15) is 4.68 Å². The molecule has 0 aliphatic heterocycles. The van der Waals surface area contributed by atoms with Crippen LogP contribution < -0.4 is 5.32 Å². The number of urea groups is 1. The highest BCUT2D eigenvalue weighted by molar-refractivity contribution is 9.10. The maximum absolute atomic E-state index is 12.4. The van der Waals surface area contributed by atoms with E-state index >= 15 is 0 Å². The van der Waals surface area contributed by atoms with E-state index in [1.807, 2.05) is 55.5 Å². The van der Waals surface area contributed by atoms with Crippen LogP contribution in [0, 0.1) is 6.92 Å². The first-order valence-electron chi connectivity index (χ1n) is 7.65. The lowest BCUT2D eigenvalue weighted by molar-refractivity contribution is 0.220. The maximum Gasteiger partial charge on any atom is 0.321 e. The molecule has 3 aromatic rings. The lowest BCUT2D eigenvalue weighted by atomic mass is 10.2. The summed E-state index contributed by atoms with van der Waals surface area (Å²) in [5.41, 5.74) is 2.52. The molecule has 1 N–H and O–H groups in total. The van der Waals surface area contributed by atoms with Gasteiger partial charge in [-0.15, -0.1) is 5.10 Å². The molecule has 1 heterocycles. The van der Waals surface area contributed by atoms with Crippen molar-refractivity contribution >= 4 is 27.6 Å². The maximum atomic E-state index is 12.4. The minimum Gasteiger partial charge on any atom is -0.323 e.